The molecule has 7 heteroatoms. The second-order valence-electron chi connectivity index (χ2n) is 8.17. The van der Waals surface area contributed by atoms with Crippen LogP contribution in [0.4, 0.5) is 27.5 Å². The molecule has 0 unspecified atom stereocenters. The molecule has 1 aromatic heterocycles. The SMILES string of the molecule is CC(C)(C)c1cccc(Nc2nc(Nc3ccc4c(c3)CC(=CO)O4)ncc2F)c1. The lowest BCUT2D eigenvalue weighted by Crippen LogP contribution is -2.11. The van der Waals surface area contributed by atoms with Crippen LogP contribution in [-0.2, 0) is 11.8 Å². The Morgan fingerprint density at radius 2 is 1.90 bits per heavy atom. The molecular weight excluding hydrogens is 383 g/mol. The highest BCUT2D eigenvalue weighted by Gasteiger charge is 2.18. The van der Waals surface area contributed by atoms with Gasteiger partial charge in [-0.2, -0.15) is 4.98 Å². The molecule has 0 aliphatic carbocycles. The van der Waals surface area contributed by atoms with Gasteiger partial charge in [0.25, 0.3) is 0 Å². The first-order valence-electron chi connectivity index (χ1n) is 9.63. The van der Waals surface area contributed by atoms with Crippen LogP contribution in [0.1, 0.15) is 31.9 Å². The van der Waals surface area contributed by atoms with Crippen molar-refractivity contribution in [1.82, 2.24) is 9.97 Å². The number of ether oxygens (including phenoxy) is 1. The summed E-state index contributed by atoms with van der Waals surface area (Å²) in [6, 6.07) is 13.3. The second-order valence-corrected chi connectivity index (χ2v) is 8.17. The topological polar surface area (TPSA) is 79.3 Å². The highest BCUT2D eigenvalue weighted by Crippen LogP contribution is 2.33. The molecule has 30 heavy (non-hydrogen) atoms. The van der Waals surface area contributed by atoms with Crippen molar-refractivity contribution in [3.05, 3.63) is 77.6 Å². The van der Waals surface area contributed by atoms with Gasteiger partial charge in [0.15, 0.2) is 11.6 Å². The third-order valence-electron chi connectivity index (χ3n) is 4.80. The fourth-order valence-electron chi connectivity index (χ4n) is 3.18. The van der Waals surface area contributed by atoms with E-state index in [0.29, 0.717) is 17.9 Å². The number of aromatic nitrogens is 2. The average Bonchev–Trinajstić information content (AvgIpc) is 3.13. The van der Waals surface area contributed by atoms with Crippen LogP contribution in [0, 0.1) is 5.82 Å². The molecular formula is C23H23FN4O2. The third kappa shape index (κ3) is 4.20. The van der Waals surface area contributed by atoms with Gasteiger partial charge in [0, 0.05) is 23.4 Å². The first-order chi connectivity index (χ1) is 14.3. The van der Waals surface area contributed by atoms with Crippen molar-refractivity contribution in [2.75, 3.05) is 10.6 Å². The number of hydrogen-bond donors (Lipinski definition) is 3. The number of nitrogens with zero attached hydrogens (tertiary/aromatic N) is 2. The lowest BCUT2D eigenvalue weighted by atomic mass is 9.87. The number of fused-ring (bicyclic) bond motifs is 1. The zero-order chi connectivity index (χ0) is 21.3. The summed E-state index contributed by atoms with van der Waals surface area (Å²) in [7, 11) is 0. The Morgan fingerprint density at radius 3 is 2.67 bits per heavy atom. The van der Waals surface area contributed by atoms with Crippen LogP contribution in [0.25, 0.3) is 0 Å². The molecule has 154 valence electrons. The number of aliphatic hydroxyl groups excluding tert-OH is 1. The molecule has 0 saturated carbocycles. The fraction of sp³-hybridized carbons (Fsp3) is 0.217. The number of aliphatic hydroxyl groups is 1. The van der Waals surface area contributed by atoms with Gasteiger partial charge in [-0.15, -0.1) is 0 Å². The first-order valence-corrected chi connectivity index (χ1v) is 9.63. The lowest BCUT2D eigenvalue weighted by molar-refractivity contribution is 0.386. The minimum Gasteiger partial charge on any atom is -0.512 e. The molecule has 0 atom stereocenters. The standard InChI is InChI=1S/C23H23FN4O2/c1-23(2,3)15-5-4-6-16(11-15)26-21-19(24)12-25-22(28-21)27-17-7-8-20-14(9-17)10-18(13-29)30-20/h4-9,11-13,29H,10H2,1-3H3,(H2,25,26,27,28). The molecule has 2 aromatic carbocycles. The number of rotatable bonds is 4. The first kappa shape index (κ1) is 19.7. The number of benzene rings is 2. The normalized spacial score (nSPS) is 14.3. The van der Waals surface area contributed by atoms with Crippen LogP contribution in [0.3, 0.4) is 0 Å². The molecule has 0 fully saturated rings. The van der Waals surface area contributed by atoms with Crippen molar-refractivity contribution in [2.45, 2.75) is 32.6 Å². The van der Waals surface area contributed by atoms with E-state index < -0.39 is 5.82 Å². The average molecular weight is 406 g/mol. The van der Waals surface area contributed by atoms with Gasteiger partial charge in [-0.3, -0.25) is 0 Å². The van der Waals surface area contributed by atoms with Crippen molar-refractivity contribution >= 4 is 23.1 Å². The van der Waals surface area contributed by atoms with Gasteiger partial charge in [0.05, 0.1) is 6.20 Å². The molecule has 0 bridgehead atoms. The van der Waals surface area contributed by atoms with E-state index in [2.05, 4.69) is 41.4 Å². The van der Waals surface area contributed by atoms with Crippen molar-refractivity contribution in [2.24, 2.45) is 0 Å². The molecule has 6 nitrogen and oxygen atoms in total. The predicted octanol–water partition coefficient (Wildman–Crippen LogP) is 5.73. The van der Waals surface area contributed by atoms with Gasteiger partial charge in [0.2, 0.25) is 5.95 Å². The Balaban J connectivity index is 1.55. The quantitative estimate of drug-likeness (QED) is 0.480. The maximum absolute atomic E-state index is 14.3. The van der Waals surface area contributed by atoms with E-state index in [1.54, 1.807) is 6.07 Å². The maximum atomic E-state index is 14.3. The summed E-state index contributed by atoms with van der Waals surface area (Å²) in [5.41, 5.74) is 3.54. The summed E-state index contributed by atoms with van der Waals surface area (Å²) >= 11 is 0. The van der Waals surface area contributed by atoms with E-state index >= 15 is 0 Å². The molecule has 3 aromatic rings. The fourth-order valence-corrected chi connectivity index (χ4v) is 3.18. The summed E-state index contributed by atoms with van der Waals surface area (Å²) in [6.45, 7) is 6.38. The molecule has 1 aliphatic rings. The van der Waals surface area contributed by atoms with Crippen LogP contribution in [0.15, 0.2) is 60.7 Å². The number of anilines is 4. The number of nitrogens with one attached hydrogen (secondary N) is 2. The minimum atomic E-state index is -0.540. The lowest BCUT2D eigenvalue weighted by Gasteiger charge is -2.20. The molecule has 0 radical (unpaired) electrons. The Morgan fingerprint density at radius 1 is 1.10 bits per heavy atom. The van der Waals surface area contributed by atoms with E-state index in [1.807, 2.05) is 36.4 Å². The predicted molar refractivity (Wildman–Crippen MR) is 115 cm³/mol. The van der Waals surface area contributed by atoms with Crippen molar-refractivity contribution in [3.8, 4) is 5.75 Å². The molecule has 0 spiro atoms. The van der Waals surface area contributed by atoms with E-state index in [0.717, 1.165) is 35.0 Å². The van der Waals surface area contributed by atoms with Gasteiger partial charge in [0.1, 0.15) is 17.8 Å². The minimum absolute atomic E-state index is 0.0169. The van der Waals surface area contributed by atoms with Gasteiger partial charge < -0.3 is 20.5 Å². The van der Waals surface area contributed by atoms with Crippen molar-refractivity contribution < 1.29 is 14.2 Å². The van der Waals surface area contributed by atoms with Crippen molar-refractivity contribution in [3.63, 3.8) is 0 Å². The Hall–Kier alpha value is -3.61. The zero-order valence-corrected chi connectivity index (χ0v) is 17.0. The van der Waals surface area contributed by atoms with Crippen molar-refractivity contribution in [1.29, 1.82) is 0 Å². The van der Waals surface area contributed by atoms with Crippen LogP contribution < -0.4 is 15.4 Å². The number of halogens is 1. The monoisotopic (exact) mass is 406 g/mol. The molecule has 0 saturated heterocycles. The molecule has 2 heterocycles. The van der Waals surface area contributed by atoms with E-state index in [1.165, 1.54) is 0 Å². The summed E-state index contributed by atoms with van der Waals surface area (Å²) in [5.74, 6) is 1.00. The highest BCUT2D eigenvalue weighted by molar-refractivity contribution is 5.62. The molecule has 3 N–H and O–H groups in total. The Labute approximate surface area is 174 Å². The Kier molecular flexibility index (Phi) is 5.03. The summed E-state index contributed by atoms with van der Waals surface area (Å²) in [5, 5.41) is 15.3. The largest absolute Gasteiger partial charge is 0.512 e. The maximum Gasteiger partial charge on any atom is 0.229 e. The van der Waals surface area contributed by atoms with Gasteiger partial charge in [-0.25, -0.2) is 9.37 Å². The van der Waals surface area contributed by atoms with E-state index in [9.17, 15) is 4.39 Å². The number of hydrogen-bond acceptors (Lipinski definition) is 6. The molecule has 0 amide bonds. The van der Waals surface area contributed by atoms with Gasteiger partial charge in [-0.1, -0.05) is 32.9 Å². The van der Waals surface area contributed by atoms with Crippen LogP contribution >= 0.6 is 0 Å². The van der Waals surface area contributed by atoms with Crippen LogP contribution in [0.5, 0.6) is 5.75 Å². The smallest absolute Gasteiger partial charge is 0.229 e. The van der Waals surface area contributed by atoms with Gasteiger partial charge in [-0.05, 0) is 41.3 Å². The summed E-state index contributed by atoms with van der Waals surface area (Å²) < 4.78 is 19.8. The van der Waals surface area contributed by atoms with Gasteiger partial charge >= 0.3 is 0 Å². The summed E-state index contributed by atoms with van der Waals surface area (Å²) in [4.78, 5) is 8.33. The summed E-state index contributed by atoms with van der Waals surface area (Å²) in [6.07, 6.45) is 2.60. The molecule has 1 aliphatic heterocycles. The zero-order valence-electron chi connectivity index (χ0n) is 17.0. The van der Waals surface area contributed by atoms with E-state index in [-0.39, 0.29) is 17.2 Å². The van der Waals surface area contributed by atoms with E-state index in [4.69, 9.17) is 9.84 Å². The third-order valence-corrected chi connectivity index (χ3v) is 4.80. The highest BCUT2D eigenvalue weighted by atomic mass is 19.1. The van der Waals surface area contributed by atoms with Crippen LogP contribution in [0.2, 0.25) is 0 Å². The molecule has 4 rings (SSSR count). The second kappa shape index (κ2) is 7.67. The number of allylic oxidation sites excluding steroid dienone is 1. The van der Waals surface area contributed by atoms with Crippen LogP contribution in [-0.4, -0.2) is 15.1 Å². The Bertz CT molecular complexity index is 1120.